The highest BCUT2D eigenvalue weighted by Gasteiger charge is 2.41. The van der Waals surface area contributed by atoms with E-state index in [4.69, 9.17) is 0 Å². The number of hydrogen-bond donors (Lipinski definition) is 1. The summed E-state index contributed by atoms with van der Waals surface area (Å²) in [5.74, 6) is 7.53. The smallest absolute Gasteiger partial charge is 0.140 e. The molecule has 2 aliphatic rings. The van der Waals surface area contributed by atoms with Gasteiger partial charge in [-0.15, -0.1) is 0 Å². The van der Waals surface area contributed by atoms with Gasteiger partial charge in [-0.05, 0) is 40.2 Å². The molecule has 1 aliphatic carbocycles. The third kappa shape index (κ3) is 3.66. The Morgan fingerprint density at radius 1 is 0.875 bits per heavy atom. The molecule has 2 heteroatoms. The fourth-order valence-electron chi connectivity index (χ4n) is 5.88. The van der Waals surface area contributed by atoms with E-state index in [2.05, 4.69) is 61.2 Å². The molecular weight excluding hydrogens is 390 g/mol. The average molecular weight is 423 g/mol. The van der Waals surface area contributed by atoms with E-state index in [1.165, 1.54) is 38.0 Å². The van der Waals surface area contributed by atoms with Crippen molar-refractivity contribution in [3.63, 3.8) is 0 Å². The highest BCUT2D eigenvalue weighted by atomic mass is 16.3. The zero-order valence-electron chi connectivity index (χ0n) is 18.9. The van der Waals surface area contributed by atoms with Crippen molar-refractivity contribution in [3.8, 4) is 23.0 Å². The Bertz CT molecular complexity index is 1110. The van der Waals surface area contributed by atoms with Crippen LogP contribution in [0.15, 0.2) is 78.9 Å². The van der Waals surface area contributed by atoms with Gasteiger partial charge in [0, 0.05) is 18.8 Å². The van der Waals surface area contributed by atoms with Gasteiger partial charge in [0.05, 0.1) is 19.6 Å². The van der Waals surface area contributed by atoms with Crippen LogP contribution in [0.2, 0.25) is 0 Å². The minimum atomic E-state index is -1.02. The summed E-state index contributed by atoms with van der Waals surface area (Å²) in [7, 11) is 0. The minimum Gasteiger partial charge on any atom is -0.379 e. The highest BCUT2D eigenvalue weighted by molar-refractivity contribution is 5.80. The van der Waals surface area contributed by atoms with Crippen molar-refractivity contribution >= 4 is 0 Å². The second-order valence-electron chi connectivity index (χ2n) is 9.51. The Morgan fingerprint density at radius 3 is 2.16 bits per heavy atom. The van der Waals surface area contributed by atoms with Gasteiger partial charge in [-0.25, -0.2) is 0 Å². The van der Waals surface area contributed by atoms with Crippen LogP contribution in [0.25, 0.3) is 11.1 Å². The molecule has 2 atom stereocenters. The van der Waals surface area contributed by atoms with Gasteiger partial charge in [0.15, 0.2) is 0 Å². The lowest BCUT2D eigenvalue weighted by Crippen LogP contribution is -2.46. The van der Waals surface area contributed by atoms with E-state index in [9.17, 15) is 5.11 Å². The second kappa shape index (κ2) is 8.58. The summed E-state index contributed by atoms with van der Waals surface area (Å²) in [5, 5.41) is 11.7. The lowest BCUT2D eigenvalue weighted by atomic mass is 9.88. The summed E-state index contributed by atoms with van der Waals surface area (Å²) >= 11 is 0. The molecule has 0 radical (unpaired) electrons. The molecule has 1 N–H and O–H groups in total. The maximum absolute atomic E-state index is 11.7. The maximum Gasteiger partial charge on any atom is 0.140 e. The Labute approximate surface area is 192 Å². The fourth-order valence-corrected chi connectivity index (χ4v) is 5.88. The van der Waals surface area contributed by atoms with Crippen molar-refractivity contribution in [1.29, 1.82) is 0 Å². The second-order valence-corrected chi connectivity index (χ2v) is 9.51. The van der Waals surface area contributed by atoms with Crippen molar-refractivity contribution in [1.82, 2.24) is 0 Å². The van der Waals surface area contributed by atoms with Crippen LogP contribution in [0.3, 0.4) is 0 Å². The molecule has 1 heterocycles. The number of rotatable bonds is 5. The van der Waals surface area contributed by atoms with Gasteiger partial charge in [-0.2, -0.15) is 0 Å². The Balaban J connectivity index is 1.35. The molecule has 0 spiro atoms. The van der Waals surface area contributed by atoms with E-state index in [1.807, 2.05) is 36.4 Å². The number of nitrogens with zero attached hydrogens (tertiary/aromatic N) is 1. The Kier molecular flexibility index (Phi) is 5.64. The predicted octanol–water partition coefficient (Wildman–Crippen LogP) is 5.71. The summed E-state index contributed by atoms with van der Waals surface area (Å²) in [6.45, 7) is 6.68. The molecule has 1 saturated heterocycles. The SMILES string of the molecule is CCC[N+]1(CC#CCC2(O)c3ccccc3-c3ccccc32)CC[C@@H](c2ccccc2)C1. The van der Waals surface area contributed by atoms with Crippen LogP contribution in [0.5, 0.6) is 0 Å². The van der Waals surface area contributed by atoms with E-state index in [0.29, 0.717) is 12.3 Å². The molecule has 1 aliphatic heterocycles. The summed E-state index contributed by atoms with van der Waals surface area (Å²) in [6, 6.07) is 27.4. The Morgan fingerprint density at radius 2 is 1.50 bits per heavy atom. The van der Waals surface area contributed by atoms with E-state index in [-0.39, 0.29) is 0 Å². The van der Waals surface area contributed by atoms with Gasteiger partial charge in [0.1, 0.15) is 12.1 Å². The molecule has 2 nitrogen and oxygen atoms in total. The number of quaternary nitrogens is 1. The molecule has 162 valence electrons. The van der Waals surface area contributed by atoms with Crippen molar-refractivity contribution < 1.29 is 9.59 Å². The number of benzene rings is 3. The van der Waals surface area contributed by atoms with E-state index >= 15 is 0 Å². The molecule has 1 fully saturated rings. The molecule has 0 amide bonds. The van der Waals surface area contributed by atoms with Crippen LogP contribution in [0.1, 0.15) is 48.8 Å². The standard InChI is InChI=1S/C30H32NO/c1-2-20-31(22-18-25(23-31)24-12-4-3-5-13-24)21-11-10-19-30(32)28-16-8-6-14-26(28)27-15-7-9-17-29(27)30/h3-9,12-17,25,32H,2,18-23H2,1H3/q+1/t25-,31?/m1/s1. The Hall–Kier alpha value is -2.86. The summed E-state index contributed by atoms with van der Waals surface area (Å²) in [5.41, 5.74) is 4.67. The van der Waals surface area contributed by atoms with Gasteiger partial charge in [-0.3, -0.25) is 0 Å². The fraction of sp³-hybridized carbons (Fsp3) is 0.333. The van der Waals surface area contributed by atoms with E-state index in [0.717, 1.165) is 33.3 Å². The summed E-state index contributed by atoms with van der Waals surface area (Å²) in [4.78, 5) is 0. The first-order valence-electron chi connectivity index (χ1n) is 11.9. The zero-order valence-corrected chi connectivity index (χ0v) is 18.9. The van der Waals surface area contributed by atoms with Crippen LogP contribution in [0.4, 0.5) is 0 Å². The molecule has 5 rings (SSSR count). The highest BCUT2D eigenvalue weighted by Crippen LogP contribution is 2.48. The summed E-state index contributed by atoms with van der Waals surface area (Å²) in [6.07, 6.45) is 2.85. The van der Waals surface area contributed by atoms with Gasteiger partial charge >= 0.3 is 0 Å². The number of aliphatic hydroxyl groups is 1. The topological polar surface area (TPSA) is 20.2 Å². The molecule has 0 bridgehead atoms. The third-order valence-electron chi connectivity index (χ3n) is 7.45. The predicted molar refractivity (Wildman–Crippen MR) is 131 cm³/mol. The number of likely N-dealkylation sites (tertiary alicyclic amines) is 1. The minimum absolute atomic E-state index is 0.440. The van der Waals surface area contributed by atoms with E-state index < -0.39 is 5.60 Å². The summed E-state index contributed by atoms with van der Waals surface area (Å²) < 4.78 is 1.08. The van der Waals surface area contributed by atoms with Crippen LogP contribution < -0.4 is 0 Å². The van der Waals surface area contributed by atoms with Gasteiger partial charge in [-0.1, -0.05) is 91.7 Å². The quantitative estimate of drug-likeness (QED) is 0.412. The van der Waals surface area contributed by atoms with Crippen molar-refractivity contribution in [2.45, 2.75) is 37.7 Å². The van der Waals surface area contributed by atoms with Crippen molar-refractivity contribution in [2.75, 3.05) is 26.2 Å². The lowest BCUT2D eigenvalue weighted by molar-refractivity contribution is -0.910. The van der Waals surface area contributed by atoms with Crippen LogP contribution in [-0.4, -0.2) is 35.8 Å². The molecule has 0 aromatic heterocycles. The van der Waals surface area contributed by atoms with Crippen LogP contribution >= 0.6 is 0 Å². The van der Waals surface area contributed by atoms with Crippen LogP contribution in [0, 0.1) is 11.8 Å². The molecule has 1 unspecified atom stereocenters. The zero-order chi connectivity index (χ0) is 22.0. The monoisotopic (exact) mass is 422 g/mol. The first-order valence-corrected chi connectivity index (χ1v) is 11.9. The molecule has 0 saturated carbocycles. The first kappa shape index (κ1) is 21.0. The van der Waals surface area contributed by atoms with Crippen molar-refractivity contribution in [3.05, 3.63) is 95.6 Å². The van der Waals surface area contributed by atoms with Crippen molar-refractivity contribution in [2.24, 2.45) is 0 Å². The normalized spacial score (nSPS) is 22.6. The van der Waals surface area contributed by atoms with Gasteiger partial charge in [0.2, 0.25) is 0 Å². The first-order chi connectivity index (χ1) is 15.7. The van der Waals surface area contributed by atoms with Gasteiger partial charge in [0.25, 0.3) is 0 Å². The largest absolute Gasteiger partial charge is 0.379 e. The van der Waals surface area contributed by atoms with E-state index in [1.54, 1.807) is 0 Å². The maximum atomic E-state index is 11.7. The molecule has 32 heavy (non-hydrogen) atoms. The number of fused-ring (bicyclic) bond motifs is 3. The molecular formula is C30H32NO+. The van der Waals surface area contributed by atoms with Crippen LogP contribution in [-0.2, 0) is 5.60 Å². The third-order valence-corrected chi connectivity index (χ3v) is 7.45. The molecule has 3 aromatic rings. The average Bonchev–Trinajstić information content (AvgIpc) is 3.37. The molecule has 3 aromatic carbocycles. The van der Waals surface area contributed by atoms with Gasteiger partial charge < -0.3 is 9.59 Å². The lowest BCUT2D eigenvalue weighted by Gasteiger charge is -2.32. The number of hydrogen-bond acceptors (Lipinski definition) is 1.